The van der Waals surface area contributed by atoms with E-state index in [-0.39, 0.29) is 10.8 Å². The number of benzene rings is 4. The summed E-state index contributed by atoms with van der Waals surface area (Å²) in [7, 11) is -3.68. The van der Waals surface area contributed by atoms with Crippen LogP contribution in [-0.4, -0.2) is 14.3 Å². The van der Waals surface area contributed by atoms with Crippen molar-refractivity contribution in [2.75, 3.05) is 10.0 Å². The summed E-state index contributed by atoms with van der Waals surface area (Å²) in [4.78, 5) is 14.3. The first-order valence-corrected chi connectivity index (χ1v) is 13.5. The largest absolute Gasteiger partial charge is 0.325 e. The van der Waals surface area contributed by atoms with E-state index < -0.39 is 15.3 Å². The van der Waals surface area contributed by atoms with Crippen LogP contribution >= 0.6 is 11.8 Å². The quantitative estimate of drug-likeness (QED) is 0.267. The predicted octanol–water partition coefficient (Wildman–Crippen LogP) is 6.58. The van der Waals surface area contributed by atoms with E-state index in [1.54, 1.807) is 36.4 Å². The van der Waals surface area contributed by atoms with E-state index in [0.29, 0.717) is 5.69 Å². The summed E-state index contributed by atoms with van der Waals surface area (Å²) in [6, 6.07) is 31.0. The highest BCUT2D eigenvalue weighted by Crippen LogP contribution is 2.37. The normalized spacial score (nSPS) is 12.1. The van der Waals surface area contributed by atoms with Gasteiger partial charge in [-0.25, -0.2) is 8.42 Å². The lowest BCUT2D eigenvalue weighted by Crippen LogP contribution is -2.19. The molecule has 4 rings (SSSR count). The molecule has 0 saturated carbocycles. The second-order valence-electron chi connectivity index (χ2n) is 8.21. The minimum Gasteiger partial charge on any atom is -0.325 e. The van der Waals surface area contributed by atoms with Crippen LogP contribution in [0.3, 0.4) is 0 Å². The Morgan fingerprint density at radius 1 is 0.714 bits per heavy atom. The standard InChI is InChI=1S/C28H26N2O3S2/c1-20-8-12-23(13-9-20)29-28(31)27(22-6-4-3-5-7-22)34-25-16-14-24(15-17-25)30-35(32,33)26-18-10-21(2)11-19-26/h3-19,27,30H,1-2H3,(H,29,31). The maximum absolute atomic E-state index is 13.2. The molecule has 0 saturated heterocycles. The summed E-state index contributed by atoms with van der Waals surface area (Å²) in [6.07, 6.45) is 0. The van der Waals surface area contributed by atoms with Gasteiger partial charge in [0.25, 0.3) is 10.0 Å². The molecule has 1 unspecified atom stereocenters. The molecule has 0 aliphatic rings. The molecule has 5 nitrogen and oxygen atoms in total. The van der Waals surface area contributed by atoms with Gasteiger partial charge in [0.2, 0.25) is 5.91 Å². The third-order valence-electron chi connectivity index (χ3n) is 5.35. The second-order valence-corrected chi connectivity index (χ2v) is 11.1. The fourth-order valence-electron chi connectivity index (χ4n) is 3.41. The third kappa shape index (κ3) is 6.53. The molecular formula is C28H26N2O3S2. The van der Waals surface area contributed by atoms with Crippen molar-refractivity contribution in [2.24, 2.45) is 0 Å². The number of carbonyl (C=O) groups is 1. The molecular weight excluding hydrogens is 476 g/mol. The molecule has 1 amide bonds. The van der Waals surface area contributed by atoms with Crippen molar-refractivity contribution in [2.45, 2.75) is 28.9 Å². The number of thioether (sulfide) groups is 1. The molecule has 0 heterocycles. The summed E-state index contributed by atoms with van der Waals surface area (Å²) in [5.74, 6) is -0.130. The average molecular weight is 503 g/mol. The van der Waals surface area contributed by atoms with Crippen LogP contribution in [0.1, 0.15) is 21.9 Å². The minimum atomic E-state index is -3.68. The highest BCUT2D eigenvalue weighted by Gasteiger charge is 2.22. The molecule has 178 valence electrons. The monoisotopic (exact) mass is 502 g/mol. The number of nitrogens with one attached hydrogen (secondary N) is 2. The molecule has 0 fully saturated rings. The van der Waals surface area contributed by atoms with Crippen molar-refractivity contribution < 1.29 is 13.2 Å². The SMILES string of the molecule is Cc1ccc(NC(=O)C(Sc2ccc(NS(=O)(=O)c3ccc(C)cc3)cc2)c2ccccc2)cc1. The molecule has 0 bridgehead atoms. The number of amides is 1. The number of carbonyl (C=O) groups excluding carboxylic acids is 1. The van der Waals surface area contributed by atoms with Gasteiger partial charge in [0, 0.05) is 16.3 Å². The molecule has 35 heavy (non-hydrogen) atoms. The van der Waals surface area contributed by atoms with E-state index in [2.05, 4.69) is 10.0 Å². The maximum atomic E-state index is 13.2. The first-order chi connectivity index (χ1) is 16.8. The smallest absolute Gasteiger partial charge is 0.261 e. The van der Waals surface area contributed by atoms with Crippen LogP contribution in [0.15, 0.2) is 113 Å². The zero-order valence-electron chi connectivity index (χ0n) is 19.4. The molecule has 0 aliphatic heterocycles. The van der Waals surface area contributed by atoms with Crippen molar-refractivity contribution in [1.29, 1.82) is 0 Å². The molecule has 4 aromatic carbocycles. The summed E-state index contributed by atoms with van der Waals surface area (Å²) >= 11 is 1.41. The lowest BCUT2D eigenvalue weighted by molar-refractivity contribution is -0.115. The van der Waals surface area contributed by atoms with Gasteiger partial charge in [-0.2, -0.15) is 0 Å². The zero-order chi connectivity index (χ0) is 24.8. The zero-order valence-corrected chi connectivity index (χ0v) is 21.1. The van der Waals surface area contributed by atoms with Crippen molar-refractivity contribution in [3.05, 3.63) is 120 Å². The lowest BCUT2D eigenvalue weighted by Gasteiger charge is -2.17. The van der Waals surface area contributed by atoms with Gasteiger partial charge in [-0.1, -0.05) is 65.7 Å². The molecule has 0 radical (unpaired) electrons. The Kier molecular flexibility index (Phi) is 7.58. The number of anilines is 2. The van der Waals surface area contributed by atoms with Gasteiger partial charge in [0.05, 0.1) is 4.90 Å². The van der Waals surface area contributed by atoms with Crippen molar-refractivity contribution in [3.8, 4) is 0 Å². The van der Waals surface area contributed by atoms with E-state index in [0.717, 1.165) is 27.3 Å². The van der Waals surface area contributed by atoms with E-state index in [9.17, 15) is 13.2 Å². The number of aryl methyl sites for hydroxylation is 2. The Labute approximate surface area is 210 Å². The van der Waals surface area contributed by atoms with Crippen LogP contribution < -0.4 is 10.0 Å². The minimum absolute atomic E-state index is 0.130. The Morgan fingerprint density at radius 3 is 1.86 bits per heavy atom. The first kappa shape index (κ1) is 24.6. The van der Waals surface area contributed by atoms with E-state index in [1.165, 1.54) is 11.8 Å². The van der Waals surface area contributed by atoms with Gasteiger partial charge in [-0.15, -0.1) is 11.8 Å². The van der Waals surface area contributed by atoms with Gasteiger partial charge < -0.3 is 5.32 Å². The summed E-state index contributed by atoms with van der Waals surface area (Å²) in [5.41, 5.74) is 4.18. The Bertz CT molecular complexity index is 1390. The lowest BCUT2D eigenvalue weighted by atomic mass is 10.1. The Hall–Kier alpha value is -3.55. The second kappa shape index (κ2) is 10.8. The summed E-state index contributed by atoms with van der Waals surface area (Å²) in [5, 5.41) is 2.52. The van der Waals surface area contributed by atoms with Gasteiger partial charge in [0.1, 0.15) is 5.25 Å². The Balaban J connectivity index is 1.50. The van der Waals surface area contributed by atoms with Crippen LogP contribution in [0.5, 0.6) is 0 Å². The maximum Gasteiger partial charge on any atom is 0.261 e. The summed E-state index contributed by atoms with van der Waals surface area (Å²) in [6.45, 7) is 3.91. The molecule has 7 heteroatoms. The predicted molar refractivity (Wildman–Crippen MR) is 143 cm³/mol. The molecule has 2 N–H and O–H groups in total. The van der Waals surface area contributed by atoms with Gasteiger partial charge >= 0.3 is 0 Å². The first-order valence-electron chi connectivity index (χ1n) is 11.1. The third-order valence-corrected chi connectivity index (χ3v) is 8.01. The highest BCUT2D eigenvalue weighted by molar-refractivity contribution is 8.00. The highest BCUT2D eigenvalue weighted by atomic mass is 32.2. The van der Waals surface area contributed by atoms with E-state index in [1.807, 2.05) is 80.6 Å². The molecule has 0 spiro atoms. The fraction of sp³-hybridized carbons (Fsp3) is 0.107. The van der Waals surface area contributed by atoms with Crippen molar-refractivity contribution in [3.63, 3.8) is 0 Å². The number of hydrogen-bond acceptors (Lipinski definition) is 4. The molecule has 4 aromatic rings. The van der Waals surface area contributed by atoms with Crippen LogP contribution in [0.25, 0.3) is 0 Å². The molecule has 1 atom stereocenters. The van der Waals surface area contributed by atoms with E-state index in [4.69, 9.17) is 0 Å². The van der Waals surface area contributed by atoms with Gasteiger partial charge in [-0.05, 0) is 67.9 Å². The number of sulfonamides is 1. The molecule has 0 aliphatic carbocycles. The topological polar surface area (TPSA) is 75.3 Å². The number of rotatable bonds is 8. The van der Waals surface area contributed by atoms with Crippen LogP contribution in [0.4, 0.5) is 11.4 Å². The van der Waals surface area contributed by atoms with Gasteiger partial charge in [0.15, 0.2) is 0 Å². The van der Waals surface area contributed by atoms with Gasteiger partial charge in [-0.3, -0.25) is 9.52 Å². The Morgan fingerprint density at radius 2 is 1.26 bits per heavy atom. The van der Waals surface area contributed by atoms with Crippen molar-refractivity contribution >= 4 is 39.1 Å². The average Bonchev–Trinajstić information content (AvgIpc) is 2.85. The van der Waals surface area contributed by atoms with Crippen LogP contribution in [0, 0.1) is 13.8 Å². The fourth-order valence-corrected chi connectivity index (χ4v) is 5.50. The number of hydrogen-bond donors (Lipinski definition) is 2. The van der Waals surface area contributed by atoms with Crippen molar-refractivity contribution in [1.82, 2.24) is 0 Å². The van der Waals surface area contributed by atoms with E-state index >= 15 is 0 Å². The van der Waals surface area contributed by atoms with Crippen LogP contribution in [-0.2, 0) is 14.8 Å². The molecule has 0 aromatic heterocycles. The van der Waals surface area contributed by atoms with Crippen LogP contribution in [0.2, 0.25) is 0 Å². The summed E-state index contributed by atoms with van der Waals surface area (Å²) < 4.78 is 28.0.